The zero-order chi connectivity index (χ0) is 11.0. The van der Waals surface area contributed by atoms with Gasteiger partial charge >= 0.3 is 0 Å². The highest BCUT2D eigenvalue weighted by Crippen LogP contribution is 1.89. The van der Waals surface area contributed by atoms with E-state index < -0.39 is 17.9 Å². The molecular weight excluding hydrogens is 184 g/mol. The van der Waals surface area contributed by atoms with Crippen molar-refractivity contribution < 1.29 is 14.3 Å². The molecule has 2 amide bonds. The summed E-state index contributed by atoms with van der Waals surface area (Å²) in [4.78, 5) is 21.8. The summed E-state index contributed by atoms with van der Waals surface area (Å²) in [5.41, 5.74) is 5.01. The Bertz CT molecular complexity index is 245. The fourth-order valence-corrected chi connectivity index (χ4v) is 0.771. The molecule has 5 nitrogen and oxygen atoms in total. The lowest BCUT2D eigenvalue weighted by molar-refractivity contribution is -0.130. The third kappa shape index (κ3) is 5.17. The Kier molecular flexibility index (Phi) is 6.16. The van der Waals surface area contributed by atoms with Crippen LogP contribution in [0.4, 0.5) is 0 Å². The molecule has 0 saturated carbocycles. The second-order valence-electron chi connectivity index (χ2n) is 2.57. The number of primary amides is 1. The first-order valence-corrected chi connectivity index (χ1v) is 4.21. The van der Waals surface area contributed by atoms with E-state index in [-0.39, 0.29) is 13.0 Å². The van der Waals surface area contributed by atoms with Crippen LogP contribution in [0.15, 0.2) is 0 Å². The summed E-state index contributed by atoms with van der Waals surface area (Å²) in [7, 11) is 0. The summed E-state index contributed by atoms with van der Waals surface area (Å²) in [6.45, 7) is 2.11. The quantitative estimate of drug-likeness (QED) is 0.538. The summed E-state index contributed by atoms with van der Waals surface area (Å²) in [5.74, 6) is 1.21. The van der Waals surface area contributed by atoms with Crippen LogP contribution in [0.2, 0.25) is 0 Å². The van der Waals surface area contributed by atoms with E-state index in [1.165, 1.54) is 0 Å². The number of hydrogen-bond acceptors (Lipinski definition) is 3. The number of nitrogens with one attached hydrogen (secondary N) is 1. The molecule has 0 unspecified atom stereocenters. The van der Waals surface area contributed by atoms with Crippen LogP contribution in [0.5, 0.6) is 0 Å². The Morgan fingerprint density at radius 2 is 2.29 bits per heavy atom. The first-order chi connectivity index (χ1) is 6.61. The van der Waals surface area contributed by atoms with Gasteiger partial charge in [-0.05, 0) is 6.92 Å². The number of carbonyl (C=O) groups is 2. The summed E-state index contributed by atoms with van der Waals surface area (Å²) in [6.07, 6.45) is 5.09. The van der Waals surface area contributed by atoms with E-state index in [1.807, 2.05) is 0 Å². The molecule has 0 saturated heterocycles. The Morgan fingerprint density at radius 1 is 1.64 bits per heavy atom. The van der Waals surface area contributed by atoms with Crippen LogP contribution in [0.3, 0.4) is 0 Å². The molecule has 3 N–H and O–H groups in total. The SMILES string of the molecule is C#CC[C@H](NC(=O)COCC)C(N)=O. The van der Waals surface area contributed by atoms with Gasteiger partial charge in [0, 0.05) is 13.0 Å². The summed E-state index contributed by atoms with van der Waals surface area (Å²) < 4.78 is 4.84. The normalized spacial score (nSPS) is 11.4. The maximum absolute atomic E-state index is 11.1. The van der Waals surface area contributed by atoms with E-state index in [0.717, 1.165) is 0 Å². The predicted octanol–water partition coefficient (Wildman–Crippen LogP) is -0.984. The van der Waals surface area contributed by atoms with Crippen molar-refractivity contribution in [1.29, 1.82) is 0 Å². The van der Waals surface area contributed by atoms with Gasteiger partial charge in [0.05, 0.1) is 0 Å². The molecule has 0 aliphatic rings. The van der Waals surface area contributed by atoms with Gasteiger partial charge in [-0.25, -0.2) is 0 Å². The Labute approximate surface area is 83.0 Å². The third-order valence-corrected chi connectivity index (χ3v) is 1.44. The molecule has 14 heavy (non-hydrogen) atoms. The van der Waals surface area contributed by atoms with Gasteiger partial charge < -0.3 is 15.8 Å². The largest absolute Gasteiger partial charge is 0.372 e. The van der Waals surface area contributed by atoms with Gasteiger partial charge in [0.2, 0.25) is 11.8 Å². The molecule has 78 valence electrons. The second kappa shape index (κ2) is 6.92. The lowest BCUT2D eigenvalue weighted by atomic mass is 10.2. The molecule has 5 heteroatoms. The van der Waals surface area contributed by atoms with Crippen molar-refractivity contribution in [3.05, 3.63) is 0 Å². The van der Waals surface area contributed by atoms with Gasteiger partial charge in [-0.1, -0.05) is 0 Å². The van der Waals surface area contributed by atoms with Crippen LogP contribution in [-0.4, -0.2) is 31.1 Å². The van der Waals surface area contributed by atoms with Crippen LogP contribution >= 0.6 is 0 Å². The molecule has 1 atom stereocenters. The Morgan fingerprint density at radius 3 is 2.71 bits per heavy atom. The van der Waals surface area contributed by atoms with Crippen LogP contribution in [-0.2, 0) is 14.3 Å². The van der Waals surface area contributed by atoms with E-state index >= 15 is 0 Å². The van der Waals surface area contributed by atoms with Crippen molar-refractivity contribution in [3.8, 4) is 12.3 Å². The average molecular weight is 198 g/mol. The zero-order valence-corrected chi connectivity index (χ0v) is 8.08. The first-order valence-electron chi connectivity index (χ1n) is 4.21. The molecule has 0 bridgehead atoms. The number of hydrogen-bond donors (Lipinski definition) is 2. The van der Waals surface area contributed by atoms with Gasteiger partial charge in [0.25, 0.3) is 0 Å². The lowest BCUT2D eigenvalue weighted by Gasteiger charge is -2.12. The van der Waals surface area contributed by atoms with E-state index in [0.29, 0.717) is 6.61 Å². The van der Waals surface area contributed by atoms with Crippen molar-refractivity contribution in [2.75, 3.05) is 13.2 Å². The molecule has 0 aromatic carbocycles. The minimum atomic E-state index is -0.812. The third-order valence-electron chi connectivity index (χ3n) is 1.44. The van der Waals surface area contributed by atoms with E-state index in [1.54, 1.807) is 6.92 Å². The molecule has 0 spiro atoms. The molecule has 0 aromatic rings. The van der Waals surface area contributed by atoms with Gasteiger partial charge in [-0.15, -0.1) is 12.3 Å². The lowest BCUT2D eigenvalue weighted by Crippen LogP contribution is -2.45. The summed E-state index contributed by atoms with van der Waals surface area (Å²) >= 11 is 0. The van der Waals surface area contributed by atoms with Crippen molar-refractivity contribution >= 4 is 11.8 Å². The molecule has 0 heterocycles. The molecular formula is C9H14N2O3. The standard InChI is InChI=1S/C9H14N2O3/c1-3-5-7(9(10)13)11-8(12)6-14-4-2/h1,7H,4-6H2,2H3,(H2,10,13)(H,11,12)/t7-/m0/s1. The minimum absolute atomic E-state index is 0.0905. The number of carbonyl (C=O) groups excluding carboxylic acids is 2. The summed E-state index contributed by atoms with van der Waals surface area (Å²) in [5, 5.41) is 2.37. The van der Waals surface area contributed by atoms with Crippen LogP contribution in [0, 0.1) is 12.3 Å². The maximum Gasteiger partial charge on any atom is 0.246 e. The average Bonchev–Trinajstić information content (AvgIpc) is 2.14. The molecule has 0 fully saturated rings. The van der Waals surface area contributed by atoms with Crippen molar-refractivity contribution in [2.45, 2.75) is 19.4 Å². The molecule has 0 aliphatic carbocycles. The van der Waals surface area contributed by atoms with Crippen LogP contribution in [0.1, 0.15) is 13.3 Å². The van der Waals surface area contributed by atoms with Gasteiger partial charge in [0.1, 0.15) is 12.6 Å². The van der Waals surface area contributed by atoms with Crippen molar-refractivity contribution in [2.24, 2.45) is 5.73 Å². The van der Waals surface area contributed by atoms with Crippen molar-refractivity contribution in [3.63, 3.8) is 0 Å². The fourth-order valence-electron chi connectivity index (χ4n) is 0.771. The van der Waals surface area contributed by atoms with E-state index in [2.05, 4.69) is 11.2 Å². The highest BCUT2D eigenvalue weighted by Gasteiger charge is 2.16. The van der Waals surface area contributed by atoms with E-state index in [4.69, 9.17) is 16.9 Å². The smallest absolute Gasteiger partial charge is 0.246 e. The zero-order valence-electron chi connectivity index (χ0n) is 8.08. The minimum Gasteiger partial charge on any atom is -0.372 e. The number of amides is 2. The van der Waals surface area contributed by atoms with Crippen LogP contribution in [0.25, 0.3) is 0 Å². The number of ether oxygens (including phenoxy) is 1. The second-order valence-corrected chi connectivity index (χ2v) is 2.57. The van der Waals surface area contributed by atoms with Crippen LogP contribution < -0.4 is 11.1 Å². The fraction of sp³-hybridized carbons (Fsp3) is 0.556. The van der Waals surface area contributed by atoms with Crippen molar-refractivity contribution in [1.82, 2.24) is 5.32 Å². The predicted molar refractivity (Wildman–Crippen MR) is 51.1 cm³/mol. The molecule has 0 aromatic heterocycles. The molecule has 0 aliphatic heterocycles. The van der Waals surface area contributed by atoms with E-state index in [9.17, 15) is 9.59 Å². The summed E-state index contributed by atoms with van der Waals surface area (Å²) in [6, 6.07) is -0.812. The molecule has 0 rings (SSSR count). The van der Waals surface area contributed by atoms with Gasteiger partial charge in [0.15, 0.2) is 0 Å². The Hall–Kier alpha value is -1.54. The first kappa shape index (κ1) is 12.5. The maximum atomic E-state index is 11.1. The number of terminal acetylenes is 1. The highest BCUT2D eigenvalue weighted by atomic mass is 16.5. The highest BCUT2D eigenvalue weighted by molar-refractivity contribution is 5.87. The Balaban J connectivity index is 3.97. The number of nitrogens with two attached hydrogens (primary N) is 1. The number of rotatable bonds is 6. The topological polar surface area (TPSA) is 81.4 Å². The monoisotopic (exact) mass is 198 g/mol. The van der Waals surface area contributed by atoms with Gasteiger partial charge in [-0.3, -0.25) is 9.59 Å². The van der Waals surface area contributed by atoms with Gasteiger partial charge in [-0.2, -0.15) is 0 Å². The molecule has 0 radical (unpaired) electrons.